The second-order valence-corrected chi connectivity index (χ2v) is 7.31. The standard InChI is InChI=1S/C17H12BrN3O5S/c1-26-15(22)9-20-13-6-5-11(18)8-14(13)27-17(20)19-16(23)10-3-2-4-12(7-10)21(24)25/h2-8H,9H2,1H3. The van der Waals surface area contributed by atoms with Gasteiger partial charge in [-0.1, -0.05) is 33.3 Å². The van der Waals surface area contributed by atoms with Gasteiger partial charge in [0.25, 0.3) is 11.6 Å². The van der Waals surface area contributed by atoms with Crippen LogP contribution in [-0.4, -0.2) is 28.5 Å². The van der Waals surface area contributed by atoms with Crippen LogP contribution in [-0.2, 0) is 16.1 Å². The van der Waals surface area contributed by atoms with Gasteiger partial charge in [0, 0.05) is 22.2 Å². The fourth-order valence-electron chi connectivity index (χ4n) is 2.38. The van der Waals surface area contributed by atoms with Gasteiger partial charge < -0.3 is 9.30 Å². The molecule has 138 valence electrons. The molecule has 0 aliphatic heterocycles. The number of hydrogen-bond acceptors (Lipinski definition) is 6. The number of non-ortho nitro benzene ring substituents is 1. The van der Waals surface area contributed by atoms with Gasteiger partial charge in [0.05, 0.1) is 22.2 Å². The molecule has 0 aliphatic rings. The van der Waals surface area contributed by atoms with Crippen molar-refractivity contribution >= 4 is 55.0 Å². The summed E-state index contributed by atoms with van der Waals surface area (Å²) in [4.78, 5) is 39.0. The summed E-state index contributed by atoms with van der Waals surface area (Å²) < 4.78 is 7.96. The normalized spacial score (nSPS) is 11.6. The van der Waals surface area contributed by atoms with Gasteiger partial charge in [-0.3, -0.25) is 19.7 Å². The lowest BCUT2D eigenvalue weighted by atomic mass is 10.2. The van der Waals surface area contributed by atoms with Crippen LogP contribution >= 0.6 is 27.3 Å². The molecule has 0 aliphatic carbocycles. The highest BCUT2D eigenvalue weighted by Crippen LogP contribution is 2.22. The van der Waals surface area contributed by atoms with E-state index >= 15 is 0 Å². The van der Waals surface area contributed by atoms with Gasteiger partial charge in [0.2, 0.25) is 0 Å². The molecule has 0 atom stereocenters. The molecule has 0 saturated heterocycles. The van der Waals surface area contributed by atoms with E-state index in [1.54, 1.807) is 10.6 Å². The van der Waals surface area contributed by atoms with Gasteiger partial charge in [-0.2, -0.15) is 4.99 Å². The number of benzene rings is 2. The van der Waals surface area contributed by atoms with Crippen molar-refractivity contribution < 1.29 is 19.2 Å². The average molecular weight is 450 g/mol. The van der Waals surface area contributed by atoms with E-state index in [1.165, 1.54) is 42.7 Å². The molecule has 1 aromatic heterocycles. The number of fused-ring (bicyclic) bond motifs is 1. The predicted molar refractivity (Wildman–Crippen MR) is 103 cm³/mol. The third kappa shape index (κ3) is 4.12. The van der Waals surface area contributed by atoms with E-state index in [0.717, 1.165) is 14.7 Å². The molecule has 0 unspecified atom stereocenters. The summed E-state index contributed by atoms with van der Waals surface area (Å²) >= 11 is 4.61. The number of ether oxygens (including phenoxy) is 1. The first-order valence-electron chi connectivity index (χ1n) is 7.58. The number of nitrogens with zero attached hydrogens (tertiary/aromatic N) is 3. The summed E-state index contributed by atoms with van der Waals surface area (Å²) in [7, 11) is 1.28. The van der Waals surface area contributed by atoms with Crippen molar-refractivity contribution in [2.24, 2.45) is 4.99 Å². The lowest BCUT2D eigenvalue weighted by Crippen LogP contribution is -2.22. The lowest BCUT2D eigenvalue weighted by molar-refractivity contribution is -0.384. The Labute approximate surface area is 165 Å². The maximum atomic E-state index is 12.5. The SMILES string of the molecule is COC(=O)Cn1c(=NC(=O)c2cccc([N+](=O)[O-])c2)sc2cc(Br)ccc21. The van der Waals surface area contributed by atoms with Crippen molar-refractivity contribution in [2.45, 2.75) is 6.54 Å². The van der Waals surface area contributed by atoms with Crippen LogP contribution in [0.4, 0.5) is 5.69 Å². The number of carbonyl (C=O) groups is 2. The molecule has 0 radical (unpaired) electrons. The Morgan fingerprint density at radius 2 is 2.07 bits per heavy atom. The summed E-state index contributed by atoms with van der Waals surface area (Å²) in [5, 5.41) is 10.9. The number of esters is 1. The zero-order valence-corrected chi connectivity index (χ0v) is 16.3. The smallest absolute Gasteiger partial charge is 0.325 e. The molecule has 1 amide bonds. The average Bonchev–Trinajstić information content (AvgIpc) is 2.97. The molecule has 10 heteroatoms. The van der Waals surface area contributed by atoms with Gasteiger partial charge >= 0.3 is 5.97 Å². The zero-order valence-electron chi connectivity index (χ0n) is 13.9. The molecule has 8 nitrogen and oxygen atoms in total. The Hall–Kier alpha value is -2.85. The zero-order chi connectivity index (χ0) is 19.6. The molecule has 0 saturated carbocycles. The van der Waals surface area contributed by atoms with Crippen LogP contribution in [0.25, 0.3) is 10.2 Å². The topological polar surface area (TPSA) is 104 Å². The molecular weight excluding hydrogens is 438 g/mol. The van der Waals surface area contributed by atoms with Crippen molar-refractivity contribution in [3.05, 3.63) is 67.4 Å². The molecule has 2 aromatic carbocycles. The summed E-state index contributed by atoms with van der Waals surface area (Å²) in [5.41, 5.74) is 0.616. The van der Waals surface area contributed by atoms with Crippen LogP contribution < -0.4 is 4.80 Å². The van der Waals surface area contributed by atoms with Crippen molar-refractivity contribution in [3.63, 3.8) is 0 Å². The van der Waals surface area contributed by atoms with Crippen molar-refractivity contribution in [2.75, 3.05) is 7.11 Å². The highest BCUT2D eigenvalue weighted by atomic mass is 79.9. The van der Waals surface area contributed by atoms with E-state index < -0.39 is 16.8 Å². The molecule has 0 N–H and O–H groups in total. The van der Waals surface area contributed by atoms with Crippen LogP contribution in [0, 0.1) is 10.1 Å². The monoisotopic (exact) mass is 449 g/mol. The fraction of sp³-hybridized carbons (Fsp3) is 0.118. The first-order chi connectivity index (χ1) is 12.9. The van der Waals surface area contributed by atoms with Gasteiger partial charge in [-0.15, -0.1) is 0 Å². The summed E-state index contributed by atoms with van der Waals surface area (Å²) in [6.07, 6.45) is 0. The summed E-state index contributed by atoms with van der Waals surface area (Å²) in [6, 6.07) is 10.8. The quantitative estimate of drug-likeness (QED) is 0.345. The number of thiazole rings is 1. The maximum absolute atomic E-state index is 12.5. The molecular formula is C17H12BrN3O5S. The fourth-order valence-corrected chi connectivity index (χ4v) is 3.96. The van der Waals surface area contributed by atoms with E-state index in [9.17, 15) is 19.7 Å². The van der Waals surface area contributed by atoms with E-state index in [2.05, 4.69) is 20.9 Å². The predicted octanol–water partition coefficient (Wildman–Crippen LogP) is 3.29. The first kappa shape index (κ1) is 18.9. The van der Waals surface area contributed by atoms with Crippen molar-refractivity contribution in [1.82, 2.24) is 4.57 Å². The Kier molecular flexibility index (Phi) is 5.47. The number of rotatable bonds is 4. The highest BCUT2D eigenvalue weighted by molar-refractivity contribution is 9.10. The maximum Gasteiger partial charge on any atom is 0.325 e. The Morgan fingerprint density at radius 3 is 2.78 bits per heavy atom. The number of hydrogen-bond donors (Lipinski definition) is 0. The van der Waals surface area contributed by atoms with Crippen LogP contribution in [0.2, 0.25) is 0 Å². The number of halogens is 1. The van der Waals surface area contributed by atoms with Crippen molar-refractivity contribution in [3.8, 4) is 0 Å². The minimum Gasteiger partial charge on any atom is -0.468 e. The highest BCUT2D eigenvalue weighted by Gasteiger charge is 2.14. The van der Waals surface area contributed by atoms with Crippen LogP contribution in [0.5, 0.6) is 0 Å². The number of aromatic nitrogens is 1. The third-order valence-corrected chi connectivity index (χ3v) is 5.20. The van der Waals surface area contributed by atoms with Crippen LogP contribution in [0.3, 0.4) is 0 Å². The summed E-state index contributed by atoms with van der Waals surface area (Å²) in [5.74, 6) is -1.12. The summed E-state index contributed by atoms with van der Waals surface area (Å²) in [6.45, 7) is -0.112. The Bertz CT molecular complexity index is 1140. The van der Waals surface area contributed by atoms with Crippen LogP contribution in [0.15, 0.2) is 51.9 Å². The van der Waals surface area contributed by atoms with Gasteiger partial charge in [-0.05, 0) is 24.3 Å². The van der Waals surface area contributed by atoms with Crippen molar-refractivity contribution in [1.29, 1.82) is 0 Å². The van der Waals surface area contributed by atoms with E-state index in [1.807, 2.05) is 12.1 Å². The second kappa shape index (κ2) is 7.80. The van der Waals surface area contributed by atoms with E-state index in [-0.39, 0.29) is 17.8 Å². The van der Waals surface area contributed by atoms with E-state index in [0.29, 0.717) is 4.80 Å². The van der Waals surface area contributed by atoms with Gasteiger partial charge in [-0.25, -0.2) is 0 Å². The van der Waals surface area contributed by atoms with E-state index in [4.69, 9.17) is 4.74 Å². The van der Waals surface area contributed by atoms with Crippen LogP contribution in [0.1, 0.15) is 10.4 Å². The number of methoxy groups -OCH3 is 1. The number of amides is 1. The first-order valence-corrected chi connectivity index (χ1v) is 9.19. The molecule has 0 bridgehead atoms. The largest absolute Gasteiger partial charge is 0.468 e. The second-order valence-electron chi connectivity index (χ2n) is 5.38. The molecule has 3 rings (SSSR count). The lowest BCUT2D eigenvalue weighted by Gasteiger charge is -2.03. The Morgan fingerprint density at radius 1 is 1.30 bits per heavy atom. The molecule has 1 heterocycles. The Balaban J connectivity index is 2.12. The van der Waals surface area contributed by atoms with Gasteiger partial charge in [0.15, 0.2) is 4.80 Å². The molecule has 0 fully saturated rings. The third-order valence-electron chi connectivity index (χ3n) is 3.66. The molecule has 0 spiro atoms. The minimum absolute atomic E-state index is 0.0902. The number of nitro benzene ring substituents is 1. The van der Waals surface area contributed by atoms with Gasteiger partial charge in [0.1, 0.15) is 6.54 Å². The molecule has 3 aromatic rings. The number of carbonyl (C=O) groups excluding carboxylic acids is 2. The minimum atomic E-state index is -0.636. The number of nitro groups is 1. The molecule has 27 heavy (non-hydrogen) atoms.